The molecule has 0 spiro atoms. The summed E-state index contributed by atoms with van der Waals surface area (Å²) in [4.78, 5) is 29.2. The molecular formula is C24H31N3O2. The molecule has 0 radical (unpaired) electrons. The molecule has 0 aromatic heterocycles. The predicted molar refractivity (Wildman–Crippen MR) is 116 cm³/mol. The van der Waals surface area contributed by atoms with Crippen LogP contribution >= 0.6 is 0 Å². The summed E-state index contributed by atoms with van der Waals surface area (Å²) in [5.74, 6) is 0.181. The minimum atomic E-state index is -0.0401. The molecule has 1 fully saturated rings. The van der Waals surface area contributed by atoms with Crippen molar-refractivity contribution in [2.24, 2.45) is 0 Å². The van der Waals surface area contributed by atoms with Gasteiger partial charge in [-0.3, -0.25) is 14.5 Å². The molecule has 1 atom stereocenters. The molecule has 0 unspecified atom stereocenters. The Balaban J connectivity index is 1.44. The Hall–Kier alpha value is -2.66. The number of amides is 2. The lowest BCUT2D eigenvalue weighted by molar-refractivity contribution is -0.133. The molecule has 3 rings (SSSR count). The third-order valence-corrected chi connectivity index (χ3v) is 5.55. The Morgan fingerprint density at radius 2 is 1.69 bits per heavy atom. The molecule has 1 saturated heterocycles. The third-order valence-electron chi connectivity index (χ3n) is 5.55. The summed E-state index contributed by atoms with van der Waals surface area (Å²) in [6, 6.07) is 19.7. The maximum atomic E-state index is 12.9. The summed E-state index contributed by atoms with van der Waals surface area (Å²) in [5.41, 5.74) is 1.89. The normalized spacial score (nSPS) is 18.2. The van der Waals surface area contributed by atoms with E-state index >= 15 is 0 Å². The zero-order valence-electron chi connectivity index (χ0n) is 17.2. The molecule has 0 bridgehead atoms. The van der Waals surface area contributed by atoms with E-state index in [1.54, 1.807) is 0 Å². The van der Waals surface area contributed by atoms with E-state index in [9.17, 15) is 9.59 Å². The van der Waals surface area contributed by atoms with Gasteiger partial charge in [0.25, 0.3) is 5.91 Å². The van der Waals surface area contributed by atoms with Crippen molar-refractivity contribution in [3.8, 4) is 0 Å². The van der Waals surface area contributed by atoms with E-state index in [1.807, 2.05) is 53.4 Å². The number of benzene rings is 2. The summed E-state index contributed by atoms with van der Waals surface area (Å²) in [6.45, 7) is 3.17. The highest BCUT2D eigenvalue weighted by atomic mass is 16.2. The largest absolute Gasteiger partial charge is 0.352 e. The lowest BCUT2D eigenvalue weighted by Crippen LogP contribution is -2.41. The van der Waals surface area contributed by atoms with Crippen LogP contribution in [0.25, 0.3) is 0 Å². The van der Waals surface area contributed by atoms with E-state index in [0.29, 0.717) is 18.5 Å². The van der Waals surface area contributed by atoms with Crippen LogP contribution in [0.1, 0.15) is 47.6 Å². The smallest absolute Gasteiger partial charge is 0.251 e. The highest BCUT2D eigenvalue weighted by Gasteiger charge is 2.26. The minimum absolute atomic E-state index is 0.0401. The number of nitrogens with one attached hydrogen (secondary N) is 1. The Labute approximate surface area is 173 Å². The first kappa shape index (κ1) is 21.1. The van der Waals surface area contributed by atoms with Crippen molar-refractivity contribution in [1.29, 1.82) is 0 Å². The molecule has 154 valence electrons. The van der Waals surface area contributed by atoms with Crippen LogP contribution in [0.15, 0.2) is 60.7 Å². The minimum Gasteiger partial charge on any atom is -0.352 e. The number of unbranched alkanes of at least 4 members (excludes halogenated alkanes) is 1. The first-order chi connectivity index (χ1) is 14.1. The van der Waals surface area contributed by atoms with Crippen LogP contribution in [0.3, 0.4) is 0 Å². The lowest BCUT2D eigenvalue weighted by Gasteiger charge is -2.34. The average Bonchev–Trinajstić information content (AvgIpc) is 2.75. The molecule has 1 heterocycles. The Bertz CT molecular complexity index is 779. The number of carbonyl (C=O) groups excluding carboxylic acids is 2. The van der Waals surface area contributed by atoms with Gasteiger partial charge in [-0.2, -0.15) is 0 Å². The second-order valence-electron chi connectivity index (χ2n) is 7.67. The van der Waals surface area contributed by atoms with Crippen LogP contribution in [0.4, 0.5) is 0 Å². The van der Waals surface area contributed by atoms with Crippen LogP contribution in [0.2, 0.25) is 0 Å². The quantitative estimate of drug-likeness (QED) is 0.733. The van der Waals surface area contributed by atoms with E-state index in [0.717, 1.165) is 38.9 Å². The van der Waals surface area contributed by atoms with Crippen LogP contribution in [-0.4, -0.2) is 54.8 Å². The summed E-state index contributed by atoms with van der Waals surface area (Å²) >= 11 is 0. The molecule has 5 heteroatoms. The van der Waals surface area contributed by atoms with Gasteiger partial charge in [0, 0.05) is 44.2 Å². The fraction of sp³-hybridized carbons (Fsp3) is 0.417. The fourth-order valence-corrected chi connectivity index (χ4v) is 3.85. The third kappa shape index (κ3) is 6.16. The number of nitrogens with zero attached hydrogens (tertiary/aromatic N) is 2. The van der Waals surface area contributed by atoms with Crippen molar-refractivity contribution in [1.82, 2.24) is 15.1 Å². The van der Waals surface area contributed by atoms with E-state index in [1.165, 1.54) is 5.56 Å². The molecule has 1 aliphatic heterocycles. The van der Waals surface area contributed by atoms with Crippen LogP contribution in [0, 0.1) is 0 Å². The van der Waals surface area contributed by atoms with Crippen molar-refractivity contribution >= 4 is 11.8 Å². The van der Waals surface area contributed by atoms with Gasteiger partial charge in [-0.25, -0.2) is 0 Å². The van der Waals surface area contributed by atoms with Gasteiger partial charge in [0.2, 0.25) is 5.91 Å². The molecule has 0 saturated carbocycles. The van der Waals surface area contributed by atoms with E-state index in [-0.39, 0.29) is 17.9 Å². The van der Waals surface area contributed by atoms with Gasteiger partial charge < -0.3 is 10.2 Å². The maximum absolute atomic E-state index is 12.9. The molecule has 2 aromatic carbocycles. The number of hydrogen-bond acceptors (Lipinski definition) is 3. The van der Waals surface area contributed by atoms with E-state index in [2.05, 4.69) is 29.4 Å². The molecule has 29 heavy (non-hydrogen) atoms. The highest BCUT2D eigenvalue weighted by Crippen LogP contribution is 2.25. The van der Waals surface area contributed by atoms with Gasteiger partial charge in [-0.1, -0.05) is 48.5 Å². The lowest BCUT2D eigenvalue weighted by atomic mass is 10.00. The SMILES string of the molecule is CN1CCCN(CCCCNC(=O)c2ccccc2)C(=O)C[C@H]1c1ccccc1. The number of hydrogen-bond donors (Lipinski definition) is 1. The van der Waals surface area contributed by atoms with Crippen molar-refractivity contribution in [2.45, 2.75) is 31.7 Å². The molecular weight excluding hydrogens is 362 g/mol. The predicted octanol–water partition coefficient (Wildman–Crippen LogP) is 3.49. The topological polar surface area (TPSA) is 52.6 Å². The fourth-order valence-electron chi connectivity index (χ4n) is 3.85. The monoisotopic (exact) mass is 393 g/mol. The van der Waals surface area contributed by atoms with Gasteiger partial charge >= 0.3 is 0 Å². The van der Waals surface area contributed by atoms with Crippen molar-refractivity contribution in [3.63, 3.8) is 0 Å². The van der Waals surface area contributed by atoms with Crippen LogP contribution in [-0.2, 0) is 4.79 Å². The first-order valence-electron chi connectivity index (χ1n) is 10.5. The highest BCUT2D eigenvalue weighted by molar-refractivity contribution is 5.94. The molecule has 1 aliphatic rings. The summed E-state index contributed by atoms with van der Waals surface area (Å²) < 4.78 is 0. The number of carbonyl (C=O) groups is 2. The standard InChI is InChI=1S/C24H31N3O2/c1-26-16-10-18-27(23(28)19-22(26)20-11-4-2-5-12-20)17-9-8-15-25-24(29)21-13-6-3-7-14-21/h2-7,11-14,22H,8-10,15-19H2,1H3,(H,25,29)/t22-/m0/s1. The zero-order chi connectivity index (χ0) is 20.5. The molecule has 1 N–H and O–H groups in total. The van der Waals surface area contributed by atoms with Gasteiger partial charge in [-0.05, 0) is 44.0 Å². The molecule has 2 aromatic rings. The summed E-state index contributed by atoms with van der Waals surface area (Å²) in [7, 11) is 2.11. The summed E-state index contributed by atoms with van der Waals surface area (Å²) in [5, 5.41) is 2.96. The average molecular weight is 394 g/mol. The van der Waals surface area contributed by atoms with E-state index in [4.69, 9.17) is 0 Å². The second-order valence-corrected chi connectivity index (χ2v) is 7.67. The van der Waals surface area contributed by atoms with Gasteiger partial charge in [0.15, 0.2) is 0 Å². The van der Waals surface area contributed by atoms with Crippen LogP contribution in [0.5, 0.6) is 0 Å². The van der Waals surface area contributed by atoms with Crippen LogP contribution < -0.4 is 5.32 Å². The van der Waals surface area contributed by atoms with Crippen molar-refractivity contribution in [3.05, 3.63) is 71.8 Å². The summed E-state index contributed by atoms with van der Waals surface area (Å²) in [6.07, 6.45) is 3.26. The zero-order valence-corrected chi connectivity index (χ0v) is 17.2. The van der Waals surface area contributed by atoms with Gasteiger partial charge in [0.1, 0.15) is 0 Å². The Morgan fingerprint density at radius 1 is 1.00 bits per heavy atom. The molecule has 2 amide bonds. The molecule has 0 aliphatic carbocycles. The van der Waals surface area contributed by atoms with Crippen molar-refractivity contribution < 1.29 is 9.59 Å². The maximum Gasteiger partial charge on any atom is 0.251 e. The van der Waals surface area contributed by atoms with Crippen molar-refractivity contribution in [2.75, 3.05) is 33.2 Å². The number of rotatable bonds is 7. The second kappa shape index (κ2) is 10.8. The first-order valence-corrected chi connectivity index (χ1v) is 10.5. The van der Waals surface area contributed by atoms with Gasteiger partial charge in [0.05, 0.1) is 0 Å². The van der Waals surface area contributed by atoms with E-state index < -0.39 is 0 Å². The Kier molecular flexibility index (Phi) is 7.82. The molecule has 5 nitrogen and oxygen atoms in total. The Morgan fingerprint density at radius 3 is 2.41 bits per heavy atom. The van der Waals surface area contributed by atoms with Gasteiger partial charge in [-0.15, -0.1) is 0 Å².